The van der Waals surface area contributed by atoms with Gasteiger partial charge in [0.1, 0.15) is 17.7 Å². The Morgan fingerprint density at radius 2 is 2.00 bits per heavy atom. The summed E-state index contributed by atoms with van der Waals surface area (Å²) in [6.07, 6.45) is 3.88. The number of piperidine rings is 1. The van der Waals surface area contributed by atoms with Crippen molar-refractivity contribution in [3.05, 3.63) is 36.3 Å². The normalized spacial score (nSPS) is 16.1. The largest absolute Gasteiger partial charge is 0.490 e. The maximum absolute atomic E-state index is 13.3. The zero-order valence-electron chi connectivity index (χ0n) is 10.4. The van der Waals surface area contributed by atoms with Gasteiger partial charge in [-0.1, -0.05) is 0 Å². The Balaban J connectivity index is 0.00000133. The van der Waals surface area contributed by atoms with Crippen LogP contribution in [0.4, 0.5) is 4.39 Å². The second-order valence-corrected chi connectivity index (χ2v) is 4.54. The van der Waals surface area contributed by atoms with Gasteiger partial charge >= 0.3 is 0 Å². The van der Waals surface area contributed by atoms with Crippen LogP contribution in [0.2, 0.25) is 0 Å². The Kier molecular flexibility index (Phi) is 4.56. The van der Waals surface area contributed by atoms with Gasteiger partial charge in [0.2, 0.25) is 0 Å². The summed E-state index contributed by atoms with van der Waals surface area (Å²) >= 11 is 0. The van der Waals surface area contributed by atoms with Gasteiger partial charge in [-0.05, 0) is 50.2 Å². The minimum atomic E-state index is -0.259. The Morgan fingerprint density at radius 3 is 2.79 bits per heavy atom. The summed E-state index contributed by atoms with van der Waals surface area (Å²) in [5.74, 6) is 0.470. The number of hydrogen-bond acceptors (Lipinski definition) is 3. The molecule has 1 aliphatic rings. The molecule has 0 radical (unpaired) electrons. The standard InChI is InChI=1S/C14H15FN2O.ClH/c15-10-1-2-13-12(9-10)14(5-8-17-13)18-11-3-6-16-7-4-11;/h1-2,5,8-9,11,16H,3-4,6-7H2;1H. The van der Waals surface area contributed by atoms with E-state index in [-0.39, 0.29) is 24.3 Å². The highest BCUT2D eigenvalue weighted by Crippen LogP contribution is 2.26. The molecule has 5 heteroatoms. The van der Waals surface area contributed by atoms with Gasteiger partial charge in [0.05, 0.1) is 5.52 Å². The predicted octanol–water partition coefficient (Wildman–Crippen LogP) is 2.93. The summed E-state index contributed by atoms with van der Waals surface area (Å²) in [4.78, 5) is 4.22. The molecule has 1 aromatic carbocycles. The first-order chi connectivity index (χ1) is 8.83. The van der Waals surface area contributed by atoms with E-state index in [9.17, 15) is 4.39 Å². The molecule has 102 valence electrons. The van der Waals surface area contributed by atoms with Crippen molar-refractivity contribution in [1.82, 2.24) is 10.3 Å². The van der Waals surface area contributed by atoms with Crippen molar-refractivity contribution in [1.29, 1.82) is 0 Å². The van der Waals surface area contributed by atoms with Gasteiger partial charge in [0, 0.05) is 11.6 Å². The van der Waals surface area contributed by atoms with Gasteiger partial charge in [-0.25, -0.2) is 4.39 Å². The van der Waals surface area contributed by atoms with Crippen molar-refractivity contribution < 1.29 is 9.13 Å². The van der Waals surface area contributed by atoms with Crippen LogP contribution < -0.4 is 10.1 Å². The number of halogens is 2. The second-order valence-electron chi connectivity index (χ2n) is 4.54. The summed E-state index contributed by atoms with van der Waals surface area (Å²) in [5, 5.41) is 4.04. The monoisotopic (exact) mass is 282 g/mol. The first-order valence-corrected chi connectivity index (χ1v) is 6.24. The number of benzene rings is 1. The zero-order chi connectivity index (χ0) is 12.4. The van der Waals surface area contributed by atoms with Crippen LogP contribution in [-0.2, 0) is 0 Å². The highest BCUT2D eigenvalue weighted by molar-refractivity contribution is 5.85. The molecule has 1 aromatic heterocycles. The van der Waals surface area contributed by atoms with E-state index < -0.39 is 0 Å². The van der Waals surface area contributed by atoms with E-state index in [0.29, 0.717) is 0 Å². The molecule has 0 atom stereocenters. The molecule has 1 saturated heterocycles. The lowest BCUT2D eigenvalue weighted by Crippen LogP contribution is -2.34. The van der Waals surface area contributed by atoms with E-state index in [4.69, 9.17) is 4.74 Å². The Bertz CT molecular complexity index is 558. The minimum Gasteiger partial charge on any atom is -0.490 e. The molecule has 1 N–H and O–H groups in total. The molecule has 0 bridgehead atoms. The fourth-order valence-electron chi connectivity index (χ4n) is 2.29. The number of pyridine rings is 1. The van der Waals surface area contributed by atoms with Crippen LogP contribution in [-0.4, -0.2) is 24.2 Å². The van der Waals surface area contributed by atoms with E-state index in [2.05, 4.69) is 10.3 Å². The third-order valence-corrected chi connectivity index (χ3v) is 3.24. The number of aromatic nitrogens is 1. The first kappa shape index (κ1) is 14.0. The summed E-state index contributed by atoms with van der Waals surface area (Å²) in [6.45, 7) is 1.95. The molecule has 0 spiro atoms. The summed E-state index contributed by atoms with van der Waals surface area (Å²) in [7, 11) is 0. The van der Waals surface area contributed by atoms with Crippen molar-refractivity contribution in [2.75, 3.05) is 13.1 Å². The van der Waals surface area contributed by atoms with Crippen LogP contribution in [0.1, 0.15) is 12.8 Å². The number of hydrogen-bond donors (Lipinski definition) is 1. The number of fused-ring (bicyclic) bond motifs is 1. The van der Waals surface area contributed by atoms with Crippen molar-refractivity contribution in [3.63, 3.8) is 0 Å². The number of nitrogens with one attached hydrogen (secondary N) is 1. The number of rotatable bonds is 2. The summed E-state index contributed by atoms with van der Waals surface area (Å²) in [5.41, 5.74) is 0.767. The SMILES string of the molecule is Cl.Fc1ccc2nccc(OC3CCNCC3)c2c1. The second kappa shape index (κ2) is 6.17. The van der Waals surface area contributed by atoms with Gasteiger partial charge in [-0.3, -0.25) is 4.98 Å². The van der Waals surface area contributed by atoms with E-state index in [1.54, 1.807) is 12.3 Å². The predicted molar refractivity (Wildman–Crippen MR) is 75.5 cm³/mol. The lowest BCUT2D eigenvalue weighted by molar-refractivity contribution is 0.164. The van der Waals surface area contributed by atoms with Crippen molar-refractivity contribution >= 4 is 23.3 Å². The number of ether oxygens (including phenoxy) is 1. The highest BCUT2D eigenvalue weighted by atomic mass is 35.5. The van der Waals surface area contributed by atoms with Crippen LogP contribution in [0.25, 0.3) is 10.9 Å². The molecule has 2 aromatic rings. The molecule has 0 amide bonds. The van der Waals surface area contributed by atoms with Crippen LogP contribution in [0, 0.1) is 5.82 Å². The highest BCUT2D eigenvalue weighted by Gasteiger charge is 2.15. The molecular weight excluding hydrogens is 267 g/mol. The van der Waals surface area contributed by atoms with Gasteiger partial charge in [0.15, 0.2) is 0 Å². The lowest BCUT2D eigenvalue weighted by atomic mass is 10.1. The van der Waals surface area contributed by atoms with E-state index in [0.717, 1.165) is 42.6 Å². The molecule has 0 unspecified atom stereocenters. The molecular formula is C14H16ClFN2O. The van der Waals surface area contributed by atoms with E-state index in [1.807, 2.05) is 6.07 Å². The fraction of sp³-hybridized carbons (Fsp3) is 0.357. The van der Waals surface area contributed by atoms with Gasteiger partial charge in [0.25, 0.3) is 0 Å². The Hall–Kier alpha value is -1.39. The molecule has 0 aliphatic carbocycles. The molecule has 1 fully saturated rings. The average molecular weight is 283 g/mol. The fourth-order valence-corrected chi connectivity index (χ4v) is 2.29. The topological polar surface area (TPSA) is 34.1 Å². The van der Waals surface area contributed by atoms with Crippen molar-refractivity contribution in [3.8, 4) is 5.75 Å². The van der Waals surface area contributed by atoms with Crippen molar-refractivity contribution in [2.45, 2.75) is 18.9 Å². The smallest absolute Gasteiger partial charge is 0.130 e. The molecule has 0 saturated carbocycles. The Morgan fingerprint density at radius 1 is 1.21 bits per heavy atom. The van der Waals surface area contributed by atoms with Crippen molar-refractivity contribution in [2.24, 2.45) is 0 Å². The molecule has 3 rings (SSSR count). The molecule has 1 aliphatic heterocycles. The lowest BCUT2D eigenvalue weighted by Gasteiger charge is -2.24. The third-order valence-electron chi connectivity index (χ3n) is 3.24. The maximum Gasteiger partial charge on any atom is 0.130 e. The van der Waals surface area contributed by atoms with Crippen LogP contribution in [0.3, 0.4) is 0 Å². The van der Waals surface area contributed by atoms with Gasteiger partial charge in [-0.2, -0.15) is 0 Å². The zero-order valence-corrected chi connectivity index (χ0v) is 11.3. The molecule has 19 heavy (non-hydrogen) atoms. The third kappa shape index (κ3) is 3.14. The number of nitrogens with zero attached hydrogens (tertiary/aromatic N) is 1. The maximum atomic E-state index is 13.3. The van der Waals surface area contributed by atoms with Gasteiger partial charge < -0.3 is 10.1 Å². The van der Waals surface area contributed by atoms with Crippen LogP contribution >= 0.6 is 12.4 Å². The van der Waals surface area contributed by atoms with E-state index >= 15 is 0 Å². The quantitative estimate of drug-likeness (QED) is 0.920. The Labute approximate surface area is 117 Å². The summed E-state index contributed by atoms with van der Waals surface area (Å²) < 4.78 is 19.3. The minimum absolute atomic E-state index is 0. The average Bonchev–Trinajstić information content (AvgIpc) is 2.41. The molecule has 3 nitrogen and oxygen atoms in total. The molecule has 2 heterocycles. The first-order valence-electron chi connectivity index (χ1n) is 6.24. The van der Waals surface area contributed by atoms with Crippen LogP contribution in [0.5, 0.6) is 5.75 Å². The van der Waals surface area contributed by atoms with Crippen LogP contribution in [0.15, 0.2) is 30.5 Å². The summed E-state index contributed by atoms with van der Waals surface area (Å²) in [6, 6.07) is 6.39. The van der Waals surface area contributed by atoms with Gasteiger partial charge in [-0.15, -0.1) is 12.4 Å². The van der Waals surface area contributed by atoms with E-state index in [1.165, 1.54) is 12.1 Å².